The number of nitrogens with one attached hydrogen (secondary N) is 4. The molecule has 0 spiro atoms. The molecule has 2 heterocycles. The molecular weight excluding hydrogens is 560 g/mol. The summed E-state index contributed by atoms with van der Waals surface area (Å²) in [5.41, 5.74) is 0.167. The molecule has 5 amide bonds. The monoisotopic (exact) mass is 585 g/mol. The number of benzene rings is 1. The van der Waals surface area contributed by atoms with Crippen LogP contribution in [0.2, 0.25) is 4.34 Å². The van der Waals surface area contributed by atoms with Gasteiger partial charge in [-0.05, 0) is 43.5 Å². The lowest BCUT2D eigenvalue weighted by molar-refractivity contribution is -0.125. The van der Waals surface area contributed by atoms with Crippen molar-refractivity contribution in [2.75, 3.05) is 36.5 Å². The Kier molecular flexibility index (Phi) is 9.54. The number of carbonyl (C=O) groups is 4. The molecule has 1 aromatic heterocycles. The van der Waals surface area contributed by atoms with Crippen LogP contribution in [0.3, 0.4) is 0 Å². The number of hydrogen-bond acceptors (Lipinski definition) is 7. The Morgan fingerprint density at radius 3 is 2.64 bits per heavy atom. The van der Waals surface area contributed by atoms with Gasteiger partial charge < -0.3 is 35.6 Å². The maximum Gasteiger partial charge on any atom is 0.387 e. The summed E-state index contributed by atoms with van der Waals surface area (Å²) in [5.74, 6) is -2.04. The standard InChI is InChI=1S/C24H26ClF2N5O6S/c25-19-7-6-18(39-19)22(35)28-11-16(31-24(36)29-13-2-1-3-13)21(34)30-15-5-4-14(10-17(15)38-23(26)27)32-8-9-37-12-20(32)33/h4-7,10,13,16,23H,1-3,8-9,11-12H2,(H,28,35)(H,30,34)(H2,29,31,36)/t16-/m1/s1. The van der Waals surface area contributed by atoms with E-state index in [4.69, 9.17) is 16.3 Å². The first-order chi connectivity index (χ1) is 18.7. The number of hydrogen-bond donors (Lipinski definition) is 4. The molecular formula is C24H26ClF2N5O6S. The zero-order valence-electron chi connectivity index (χ0n) is 20.5. The van der Waals surface area contributed by atoms with Gasteiger partial charge in [-0.1, -0.05) is 11.6 Å². The Hall–Kier alpha value is -3.49. The Balaban J connectivity index is 1.50. The van der Waals surface area contributed by atoms with Crippen LogP contribution in [0.5, 0.6) is 5.75 Å². The van der Waals surface area contributed by atoms with Crippen molar-refractivity contribution in [2.45, 2.75) is 38.0 Å². The van der Waals surface area contributed by atoms with Crippen LogP contribution in [-0.2, 0) is 14.3 Å². The average Bonchev–Trinajstić information content (AvgIpc) is 3.31. The van der Waals surface area contributed by atoms with Crippen LogP contribution >= 0.6 is 22.9 Å². The van der Waals surface area contributed by atoms with E-state index in [1.165, 1.54) is 29.2 Å². The van der Waals surface area contributed by atoms with Gasteiger partial charge in [0.15, 0.2) is 5.75 Å². The number of ether oxygens (including phenoxy) is 2. The minimum absolute atomic E-state index is 0.0157. The first-order valence-electron chi connectivity index (χ1n) is 12.1. The van der Waals surface area contributed by atoms with E-state index in [2.05, 4.69) is 26.0 Å². The first-order valence-corrected chi connectivity index (χ1v) is 13.3. The topological polar surface area (TPSA) is 138 Å². The smallest absolute Gasteiger partial charge is 0.387 e. The summed E-state index contributed by atoms with van der Waals surface area (Å²) in [4.78, 5) is 52.0. The molecule has 210 valence electrons. The van der Waals surface area contributed by atoms with Gasteiger partial charge in [-0.15, -0.1) is 11.3 Å². The fraction of sp³-hybridized carbons (Fsp3) is 0.417. The number of rotatable bonds is 10. The van der Waals surface area contributed by atoms with Crippen LogP contribution in [0, 0.1) is 0 Å². The number of thiophene rings is 1. The van der Waals surface area contributed by atoms with E-state index in [1.54, 1.807) is 6.07 Å². The van der Waals surface area contributed by atoms with E-state index in [-0.39, 0.29) is 55.4 Å². The van der Waals surface area contributed by atoms with Gasteiger partial charge in [0.1, 0.15) is 12.6 Å². The minimum Gasteiger partial charge on any atom is -0.433 e. The lowest BCUT2D eigenvalue weighted by atomic mass is 9.93. The van der Waals surface area contributed by atoms with Crippen LogP contribution in [0.15, 0.2) is 30.3 Å². The van der Waals surface area contributed by atoms with E-state index in [1.807, 2.05) is 0 Å². The third kappa shape index (κ3) is 7.77. The van der Waals surface area contributed by atoms with E-state index in [0.29, 0.717) is 9.21 Å². The molecule has 1 aliphatic heterocycles. The van der Waals surface area contributed by atoms with Crippen molar-refractivity contribution in [3.63, 3.8) is 0 Å². The predicted octanol–water partition coefficient (Wildman–Crippen LogP) is 2.95. The van der Waals surface area contributed by atoms with Crippen molar-refractivity contribution < 1.29 is 37.4 Å². The van der Waals surface area contributed by atoms with Crippen LogP contribution in [-0.4, -0.2) is 68.8 Å². The molecule has 2 aliphatic rings. The molecule has 4 N–H and O–H groups in total. The molecule has 4 rings (SSSR count). The van der Waals surface area contributed by atoms with Gasteiger partial charge in [0.25, 0.3) is 11.8 Å². The maximum absolute atomic E-state index is 13.2. The highest BCUT2D eigenvalue weighted by Crippen LogP contribution is 2.32. The molecule has 2 fully saturated rings. The van der Waals surface area contributed by atoms with Gasteiger partial charge in [0.2, 0.25) is 5.91 Å². The molecule has 1 saturated carbocycles. The summed E-state index contributed by atoms with van der Waals surface area (Å²) in [6, 6.07) is 5.15. The second kappa shape index (κ2) is 13.0. The number of carbonyl (C=O) groups excluding carboxylic acids is 4. The summed E-state index contributed by atoms with van der Waals surface area (Å²) in [5, 5.41) is 10.3. The van der Waals surface area contributed by atoms with Crippen molar-refractivity contribution in [2.24, 2.45) is 0 Å². The second-order valence-corrected chi connectivity index (χ2v) is 10.5. The molecule has 0 bridgehead atoms. The third-order valence-corrected chi connectivity index (χ3v) is 7.29. The summed E-state index contributed by atoms with van der Waals surface area (Å²) in [6.45, 7) is -3.17. The van der Waals surface area contributed by atoms with Crippen LogP contribution in [0.1, 0.15) is 28.9 Å². The first kappa shape index (κ1) is 28.5. The molecule has 1 saturated heterocycles. The third-order valence-electron chi connectivity index (χ3n) is 6.06. The number of anilines is 2. The Labute approximate surface area is 231 Å². The van der Waals surface area contributed by atoms with Crippen molar-refractivity contribution in [1.82, 2.24) is 16.0 Å². The van der Waals surface area contributed by atoms with Crippen LogP contribution in [0.25, 0.3) is 0 Å². The Bertz CT molecular complexity index is 1230. The van der Waals surface area contributed by atoms with Crippen LogP contribution < -0.4 is 30.9 Å². The largest absolute Gasteiger partial charge is 0.433 e. The quantitative estimate of drug-likeness (QED) is 0.338. The minimum atomic E-state index is -3.21. The molecule has 0 unspecified atom stereocenters. The number of morpholine rings is 1. The lowest BCUT2D eigenvalue weighted by Crippen LogP contribution is -2.55. The Morgan fingerprint density at radius 1 is 1.21 bits per heavy atom. The van der Waals surface area contributed by atoms with Gasteiger partial charge >= 0.3 is 12.6 Å². The summed E-state index contributed by atoms with van der Waals surface area (Å²) >= 11 is 6.92. The highest BCUT2D eigenvalue weighted by atomic mass is 35.5. The molecule has 1 atom stereocenters. The molecule has 11 nitrogen and oxygen atoms in total. The fourth-order valence-corrected chi connectivity index (χ4v) is 4.81. The normalized spacial score (nSPS) is 16.3. The Morgan fingerprint density at radius 2 is 2.00 bits per heavy atom. The number of halogens is 3. The molecule has 0 radical (unpaired) electrons. The highest BCUT2D eigenvalue weighted by Gasteiger charge is 2.27. The van der Waals surface area contributed by atoms with E-state index < -0.39 is 30.5 Å². The molecule has 15 heteroatoms. The summed E-state index contributed by atoms with van der Waals surface area (Å²) in [7, 11) is 0. The van der Waals surface area contributed by atoms with Gasteiger partial charge in [-0.25, -0.2) is 4.79 Å². The molecule has 39 heavy (non-hydrogen) atoms. The van der Waals surface area contributed by atoms with Crippen molar-refractivity contribution in [3.05, 3.63) is 39.5 Å². The highest BCUT2D eigenvalue weighted by molar-refractivity contribution is 7.18. The van der Waals surface area contributed by atoms with Gasteiger partial charge in [-0.3, -0.25) is 14.4 Å². The zero-order valence-corrected chi connectivity index (χ0v) is 22.1. The number of amides is 5. The lowest BCUT2D eigenvalue weighted by Gasteiger charge is -2.28. The van der Waals surface area contributed by atoms with Crippen molar-refractivity contribution in [3.8, 4) is 5.75 Å². The fourth-order valence-electron chi connectivity index (χ4n) is 3.85. The van der Waals surface area contributed by atoms with Gasteiger partial charge in [-0.2, -0.15) is 8.78 Å². The van der Waals surface area contributed by atoms with E-state index >= 15 is 0 Å². The number of urea groups is 1. The molecule has 1 aliphatic carbocycles. The van der Waals surface area contributed by atoms with Crippen molar-refractivity contribution in [1.29, 1.82) is 0 Å². The SMILES string of the molecule is O=C(NC1CCC1)N[C@H](CNC(=O)c1ccc(Cl)s1)C(=O)Nc1ccc(N2CCOCC2=O)cc1OC(F)F. The summed E-state index contributed by atoms with van der Waals surface area (Å²) < 4.78 is 36.5. The van der Waals surface area contributed by atoms with E-state index in [0.717, 1.165) is 30.6 Å². The van der Waals surface area contributed by atoms with E-state index in [9.17, 15) is 28.0 Å². The zero-order chi connectivity index (χ0) is 27.9. The van der Waals surface area contributed by atoms with Gasteiger partial charge in [0, 0.05) is 30.9 Å². The second-order valence-electron chi connectivity index (χ2n) is 8.76. The van der Waals surface area contributed by atoms with Gasteiger partial charge in [0.05, 0.1) is 21.5 Å². The summed E-state index contributed by atoms with van der Waals surface area (Å²) in [6.07, 6.45) is 2.60. The number of alkyl halides is 2. The number of nitrogens with zero attached hydrogens (tertiary/aromatic N) is 1. The van der Waals surface area contributed by atoms with Crippen LogP contribution in [0.4, 0.5) is 25.0 Å². The van der Waals surface area contributed by atoms with Crippen molar-refractivity contribution >= 4 is 58.1 Å². The molecule has 1 aromatic carbocycles. The predicted molar refractivity (Wildman–Crippen MR) is 140 cm³/mol. The molecule has 2 aromatic rings. The maximum atomic E-state index is 13.2. The average molecular weight is 586 g/mol.